The third-order valence-corrected chi connectivity index (χ3v) is 2.01. The van der Waals surface area contributed by atoms with Crippen LogP contribution >= 0.6 is 0 Å². The maximum atomic E-state index is 11.5. The molecular weight excluding hydrogens is 310 g/mol. The average molecular weight is 333 g/mol. The number of hydrogen-bond donors (Lipinski definition) is 1. The molecule has 0 aromatic carbocycles. The molecule has 0 aliphatic heterocycles. The molecule has 1 N–H and O–H groups in total. The average Bonchev–Trinajstić information content (AvgIpc) is 2.37. The van der Waals surface area contributed by atoms with Crippen LogP contribution in [0.1, 0.15) is 34.6 Å². The Hall–Kier alpha value is -2.32. The standard InChI is InChI=1S/C14H23NO8/c1-9(16)20-7-11(22-10(2)17)8-21-12(18)6-15-13(19)23-14(3,4)5/h11H,6-8H2,1-5H3,(H,15,19). The molecular formula is C14H23NO8. The molecule has 9 nitrogen and oxygen atoms in total. The van der Waals surface area contributed by atoms with Crippen molar-refractivity contribution < 1.29 is 38.1 Å². The highest BCUT2D eigenvalue weighted by atomic mass is 16.6. The maximum Gasteiger partial charge on any atom is 0.408 e. The molecule has 0 spiro atoms. The van der Waals surface area contributed by atoms with Gasteiger partial charge >= 0.3 is 24.0 Å². The Morgan fingerprint density at radius 1 is 0.957 bits per heavy atom. The molecule has 0 aromatic rings. The smallest absolute Gasteiger partial charge is 0.408 e. The molecule has 0 saturated carbocycles. The molecule has 23 heavy (non-hydrogen) atoms. The van der Waals surface area contributed by atoms with Gasteiger partial charge in [-0.15, -0.1) is 0 Å². The number of nitrogens with one attached hydrogen (secondary N) is 1. The van der Waals surface area contributed by atoms with E-state index in [0.29, 0.717) is 0 Å². The zero-order valence-corrected chi connectivity index (χ0v) is 14.0. The van der Waals surface area contributed by atoms with Gasteiger partial charge in [-0.25, -0.2) is 4.79 Å². The molecule has 132 valence electrons. The SMILES string of the molecule is CC(=O)OCC(COC(=O)CNC(=O)OC(C)(C)C)OC(C)=O. The van der Waals surface area contributed by atoms with Gasteiger partial charge in [0.2, 0.25) is 0 Å². The Morgan fingerprint density at radius 3 is 2.00 bits per heavy atom. The van der Waals surface area contributed by atoms with E-state index in [2.05, 4.69) is 5.32 Å². The Kier molecular flexibility index (Phi) is 8.67. The molecule has 0 aliphatic carbocycles. The highest BCUT2D eigenvalue weighted by molar-refractivity contribution is 5.78. The molecule has 0 saturated heterocycles. The lowest BCUT2D eigenvalue weighted by Crippen LogP contribution is -2.37. The number of carbonyl (C=O) groups excluding carboxylic acids is 4. The molecule has 0 fully saturated rings. The number of rotatable bonds is 7. The summed E-state index contributed by atoms with van der Waals surface area (Å²) in [4.78, 5) is 44.5. The Bertz CT molecular complexity index is 441. The highest BCUT2D eigenvalue weighted by Gasteiger charge is 2.19. The van der Waals surface area contributed by atoms with Gasteiger partial charge in [0.25, 0.3) is 0 Å². The molecule has 1 amide bonds. The summed E-state index contributed by atoms with van der Waals surface area (Å²) in [5.74, 6) is -1.92. The van der Waals surface area contributed by atoms with Crippen molar-refractivity contribution in [3.63, 3.8) is 0 Å². The van der Waals surface area contributed by atoms with E-state index in [1.165, 1.54) is 13.8 Å². The quantitative estimate of drug-likeness (QED) is 0.530. The monoisotopic (exact) mass is 333 g/mol. The van der Waals surface area contributed by atoms with E-state index in [1.807, 2.05) is 0 Å². The Balaban J connectivity index is 4.17. The van der Waals surface area contributed by atoms with Crippen molar-refractivity contribution in [2.45, 2.75) is 46.3 Å². The summed E-state index contributed by atoms with van der Waals surface area (Å²) in [7, 11) is 0. The summed E-state index contributed by atoms with van der Waals surface area (Å²) in [6.07, 6.45) is -1.67. The van der Waals surface area contributed by atoms with Gasteiger partial charge in [0.05, 0.1) is 0 Å². The molecule has 0 aromatic heterocycles. The van der Waals surface area contributed by atoms with Crippen LogP contribution in [0.15, 0.2) is 0 Å². The van der Waals surface area contributed by atoms with E-state index >= 15 is 0 Å². The first-order valence-corrected chi connectivity index (χ1v) is 6.92. The van der Waals surface area contributed by atoms with Gasteiger partial charge in [0.15, 0.2) is 6.10 Å². The number of alkyl carbamates (subject to hydrolysis) is 1. The minimum absolute atomic E-state index is 0.234. The van der Waals surface area contributed by atoms with E-state index in [9.17, 15) is 19.2 Å². The van der Waals surface area contributed by atoms with Gasteiger partial charge in [0.1, 0.15) is 25.4 Å². The van der Waals surface area contributed by atoms with Crippen molar-refractivity contribution in [1.82, 2.24) is 5.32 Å². The first-order valence-electron chi connectivity index (χ1n) is 6.92. The summed E-state index contributed by atoms with van der Waals surface area (Å²) in [6.45, 7) is 6.48. The van der Waals surface area contributed by atoms with Crippen molar-refractivity contribution in [1.29, 1.82) is 0 Å². The van der Waals surface area contributed by atoms with Crippen LogP contribution in [-0.4, -0.2) is 55.5 Å². The predicted molar refractivity (Wildman–Crippen MR) is 77.4 cm³/mol. The normalized spacial score (nSPS) is 11.9. The fraction of sp³-hybridized carbons (Fsp3) is 0.714. The molecule has 0 radical (unpaired) electrons. The van der Waals surface area contributed by atoms with Crippen LogP contribution in [0.3, 0.4) is 0 Å². The van der Waals surface area contributed by atoms with Crippen molar-refractivity contribution in [3.8, 4) is 0 Å². The number of ether oxygens (including phenoxy) is 4. The number of esters is 3. The molecule has 1 atom stereocenters. The summed E-state index contributed by atoms with van der Waals surface area (Å²) >= 11 is 0. The summed E-state index contributed by atoms with van der Waals surface area (Å²) in [5.41, 5.74) is -0.682. The Morgan fingerprint density at radius 2 is 1.52 bits per heavy atom. The zero-order chi connectivity index (χ0) is 18.0. The van der Waals surface area contributed by atoms with Crippen LogP contribution in [0.4, 0.5) is 4.79 Å². The lowest BCUT2D eigenvalue weighted by Gasteiger charge is -2.19. The van der Waals surface area contributed by atoms with Gasteiger partial charge in [-0.2, -0.15) is 0 Å². The molecule has 1 unspecified atom stereocenters. The zero-order valence-electron chi connectivity index (χ0n) is 14.0. The molecule has 0 bridgehead atoms. The molecule has 0 aliphatic rings. The largest absolute Gasteiger partial charge is 0.462 e. The minimum atomic E-state index is -0.915. The first kappa shape index (κ1) is 20.7. The maximum absolute atomic E-state index is 11.5. The van der Waals surface area contributed by atoms with Crippen LogP contribution in [0.5, 0.6) is 0 Å². The number of amides is 1. The molecule has 9 heteroatoms. The number of carbonyl (C=O) groups is 4. The minimum Gasteiger partial charge on any atom is -0.462 e. The third-order valence-electron chi connectivity index (χ3n) is 2.01. The van der Waals surface area contributed by atoms with Crippen LogP contribution in [0.2, 0.25) is 0 Å². The summed E-state index contributed by atoms with van der Waals surface area (Å²) in [6, 6.07) is 0. The van der Waals surface area contributed by atoms with E-state index in [0.717, 1.165) is 0 Å². The fourth-order valence-electron chi connectivity index (χ4n) is 1.26. The second kappa shape index (κ2) is 9.65. The van der Waals surface area contributed by atoms with Gasteiger partial charge in [-0.1, -0.05) is 0 Å². The predicted octanol–water partition coefficient (Wildman–Crippen LogP) is 0.549. The molecule has 0 heterocycles. The fourth-order valence-corrected chi connectivity index (χ4v) is 1.26. The topological polar surface area (TPSA) is 117 Å². The van der Waals surface area contributed by atoms with Crippen molar-refractivity contribution in [3.05, 3.63) is 0 Å². The lowest BCUT2D eigenvalue weighted by atomic mass is 10.2. The van der Waals surface area contributed by atoms with Gasteiger partial charge in [0, 0.05) is 13.8 Å². The van der Waals surface area contributed by atoms with Crippen molar-refractivity contribution in [2.75, 3.05) is 19.8 Å². The Labute approximate surface area is 134 Å². The third kappa shape index (κ3) is 13.1. The van der Waals surface area contributed by atoms with Crippen LogP contribution in [-0.2, 0) is 33.3 Å². The van der Waals surface area contributed by atoms with Crippen LogP contribution in [0, 0.1) is 0 Å². The van der Waals surface area contributed by atoms with E-state index in [-0.39, 0.29) is 13.2 Å². The van der Waals surface area contributed by atoms with Crippen molar-refractivity contribution in [2.24, 2.45) is 0 Å². The second-order valence-corrected chi connectivity index (χ2v) is 5.57. The van der Waals surface area contributed by atoms with E-state index < -0.39 is 42.3 Å². The lowest BCUT2D eigenvalue weighted by molar-refractivity contribution is -0.164. The van der Waals surface area contributed by atoms with Gasteiger partial charge in [-0.3, -0.25) is 14.4 Å². The first-order chi connectivity index (χ1) is 10.5. The summed E-state index contributed by atoms with van der Waals surface area (Å²) < 4.78 is 19.3. The van der Waals surface area contributed by atoms with Gasteiger partial charge < -0.3 is 24.3 Å². The second-order valence-electron chi connectivity index (χ2n) is 5.57. The highest BCUT2D eigenvalue weighted by Crippen LogP contribution is 2.06. The van der Waals surface area contributed by atoms with Crippen LogP contribution in [0.25, 0.3) is 0 Å². The summed E-state index contributed by atoms with van der Waals surface area (Å²) in [5, 5.41) is 2.22. The van der Waals surface area contributed by atoms with Crippen LogP contribution < -0.4 is 5.32 Å². The van der Waals surface area contributed by atoms with Gasteiger partial charge in [-0.05, 0) is 20.8 Å². The number of hydrogen-bond acceptors (Lipinski definition) is 8. The van der Waals surface area contributed by atoms with E-state index in [4.69, 9.17) is 18.9 Å². The molecule has 0 rings (SSSR count). The van der Waals surface area contributed by atoms with E-state index in [1.54, 1.807) is 20.8 Å². The van der Waals surface area contributed by atoms with Crippen molar-refractivity contribution >= 4 is 24.0 Å².